The molecule has 1 atom stereocenters. The largest absolute Gasteiger partial charge is 0.356 e. The highest BCUT2D eigenvalue weighted by Crippen LogP contribution is 2.19. The Bertz CT molecular complexity index is 517. The summed E-state index contributed by atoms with van der Waals surface area (Å²) in [6, 6.07) is 0. The SMILES string of the molecule is CCn1c(CCNC(=O)CC2C=CCC2)n[nH]c1=S. The predicted octanol–water partition coefficient (Wildman–Crippen LogP) is 1.98. The Morgan fingerprint density at radius 3 is 3.21 bits per heavy atom. The molecule has 2 N–H and O–H groups in total. The van der Waals surface area contributed by atoms with Gasteiger partial charge in [0, 0.05) is 25.9 Å². The Balaban J connectivity index is 1.75. The highest BCUT2D eigenvalue weighted by atomic mass is 32.1. The Labute approximate surface area is 118 Å². The molecular weight excluding hydrogens is 260 g/mol. The van der Waals surface area contributed by atoms with Crippen molar-refractivity contribution < 1.29 is 4.79 Å². The van der Waals surface area contributed by atoms with Crippen LogP contribution in [0.5, 0.6) is 0 Å². The Kier molecular flexibility index (Phi) is 4.90. The van der Waals surface area contributed by atoms with Crippen molar-refractivity contribution in [2.45, 2.75) is 39.2 Å². The molecular formula is C13H20N4OS. The molecule has 1 heterocycles. The molecule has 0 aromatic carbocycles. The van der Waals surface area contributed by atoms with Gasteiger partial charge < -0.3 is 9.88 Å². The van der Waals surface area contributed by atoms with Crippen LogP contribution in [0.4, 0.5) is 0 Å². The summed E-state index contributed by atoms with van der Waals surface area (Å²) in [6.07, 6.45) is 7.79. The topological polar surface area (TPSA) is 62.7 Å². The van der Waals surface area contributed by atoms with Gasteiger partial charge >= 0.3 is 0 Å². The maximum absolute atomic E-state index is 11.7. The van der Waals surface area contributed by atoms with Crippen molar-refractivity contribution in [3.8, 4) is 0 Å². The number of aromatic amines is 1. The van der Waals surface area contributed by atoms with Gasteiger partial charge in [-0.1, -0.05) is 12.2 Å². The number of carbonyl (C=O) groups excluding carboxylic acids is 1. The zero-order valence-corrected chi connectivity index (χ0v) is 12.0. The van der Waals surface area contributed by atoms with Crippen LogP contribution in [0.15, 0.2) is 12.2 Å². The van der Waals surface area contributed by atoms with Crippen molar-refractivity contribution in [2.24, 2.45) is 5.92 Å². The summed E-state index contributed by atoms with van der Waals surface area (Å²) in [5.74, 6) is 1.44. The molecule has 1 unspecified atom stereocenters. The third kappa shape index (κ3) is 3.76. The van der Waals surface area contributed by atoms with E-state index in [4.69, 9.17) is 12.2 Å². The van der Waals surface area contributed by atoms with Crippen molar-refractivity contribution in [3.05, 3.63) is 22.7 Å². The van der Waals surface area contributed by atoms with Crippen LogP contribution in [-0.4, -0.2) is 27.2 Å². The number of aromatic nitrogens is 3. The lowest BCUT2D eigenvalue weighted by atomic mass is 10.1. The van der Waals surface area contributed by atoms with E-state index in [-0.39, 0.29) is 5.91 Å². The normalized spacial score (nSPS) is 17.8. The zero-order valence-electron chi connectivity index (χ0n) is 11.2. The molecule has 1 aliphatic rings. The monoisotopic (exact) mass is 280 g/mol. The molecule has 0 aliphatic heterocycles. The maximum Gasteiger partial charge on any atom is 0.220 e. The van der Waals surface area contributed by atoms with E-state index in [1.54, 1.807) is 0 Å². The van der Waals surface area contributed by atoms with Crippen LogP contribution in [0.3, 0.4) is 0 Å². The first-order valence-electron chi connectivity index (χ1n) is 6.78. The number of hydrogen-bond donors (Lipinski definition) is 2. The van der Waals surface area contributed by atoms with Gasteiger partial charge in [-0.3, -0.25) is 9.89 Å². The molecule has 5 nitrogen and oxygen atoms in total. The number of carbonyl (C=O) groups is 1. The number of H-pyrrole nitrogens is 1. The second kappa shape index (κ2) is 6.65. The van der Waals surface area contributed by atoms with Gasteiger partial charge in [-0.05, 0) is 37.9 Å². The first kappa shape index (κ1) is 14.0. The quantitative estimate of drug-likeness (QED) is 0.618. The molecule has 1 aliphatic carbocycles. The molecule has 0 bridgehead atoms. The summed E-state index contributed by atoms with van der Waals surface area (Å²) in [6.45, 7) is 3.43. The number of rotatable bonds is 6. The number of nitrogens with one attached hydrogen (secondary N) is 2. The summed E-state index contributed by atoms with van der Waals surface area (Å²) >= 11 is 5.12. The molecule has 1 aromatic heterocycles. The number of hydrogen-bond acceptors (Lipinski definition) is 3. The second-order valence-electron chi connectivity index (χ2n) is 4.76. The lowest BCUT2D eigenvalue weighted by Gasteiger charge is -2.08. The molecule has 0 radical (unpaired) electrons. The van der Waals surface area contributed by atoms with E-state index in [0.29, 0.717) is 30.1 Å². The van der Waals surface area contributed by atoms with E-state index in [2.05, 4.69) is 27.7 Å². The van der Waals surface area contributed by atoms with Gasteiger partial charge in [0.15, 0.2) is 4.77 Å². The molecule has 6 heteroatoms. The van der Waals surface area contributed by atoms with Gasteiger partial charge in [-0.15, -0.1) is 0 Å². The van der Waals surface area contributed by atoms with Crippen molar-refractivity contribution in [2.75, 3.05) is 6.54 Å². The molecule has 104 valence electrons. The van der Waals surface area contributed by atoms with E-state index in [1.165, 1.54) is 0 Å². The number of allylic oxidation sites excluding steroid dienone is 2. The van der Waals surface area contributed by atoms with E-state index in [0.717, 1.165) is 25.2 Å². The van der Waals surface area contributed by atoms with Crippen LogP contribution < -0.4 is 5.32 Å². The van der Waals surface area contributed by atoms with Crippen LogP contribution in [0.1, 0.15) is 32.0 Å². The smallest absolute Gasteiger partial charge is 0.220 e. The van der Waals surface area contributed by atoms with Gasteiger partial charge in [0.2, 0.25) is 5.91 Å². The third-order valence-electron chi connectivity index (χ3n) is 3.38. The summed E-state index contributed by atoms with van der Waals surface area (Å²) in [5, 5.41) is 9.89. The second-order valence-corrected chi connectivity index (χ2v) is 5.15. The molecule has 2 rings (SSSR count). The highest BCUT2D eigenvalue weighted by molar-refractivity contribution is 7.71. The van der Waals surface area contributed by atoms with Crippen molar-refractivity contribution in [1.29, 1.82) is 0 Å². The minimum Gasteiger partial charge on any atom is -0.356 e. The van der Waals surface area contributed by atoms with Crippen LogP contribution >= 0.6 is 12.2 Å². The summed E-state index contributed by atoms with van der Waals surface area (Å²) in [7, 11) is 0. The van der Waals surface area contributed by atoms with Crippen LogP contribution in [0.25, 0.3) is 0 Å². The minimum absolute atomic E-state index is 0.119. The summed E-state index contributed by atoms with van der Waals surface area (Å²) < 4.78 is 2.58. The Hall–Kier alpha value is -1.43. The summed E-state index contributed by atoms with van der Waals surface area (Å²) in [5.41, 5.74) is 0. The first-order chi connectivity index (χ1) is 9.20. The number of amides is 1. The van der Waals surface area contributed by atoms with E-state index in [9.17, 15) is 4.79 Å². The van der Waals surface area contributed by atoms with Crippen molar-refractivity contribution >= 4 is 18.1 Å². The minimum atomic E-state index is 0.119. The first-order valence-corrected chi connectivity index (χ1v) is 7.19. The van der Waals surface area contributed by atoms with Crippen LogP contribution in [-0.2, 0) is 17.8 Å². The zero-order chi connectivity index (χ0) is 13.7. The Morgan fingerprint density at radius 2 is 2.53 bits per heavy atom. The summed E-state index contributed by atoms with van der Waals surface area (Å²) in [4.78, 5) is 11.7. The lowest BCUT2D eigenvalue weighted by molar-refractivity contribution is -0.121. The predicted molar refractivity (Wildman–Crippen MR) is 76.3 cm³/mol. The third-order valence-corrected chi connectivity index (χ3v) is 3.70. The molecule has 1 aromatic rings. The van der Waals surface area contributed by atoms with Gasteiger partial charge in [-0.2, -0.15) is 5.10 Å². The maximum atomic E-state index is 11.7. The molecule has 19 heavy (non-hydrogen) atoms. The average molecular weight is 280 g/mol. The van der Waals surface area contributed by atoms with Gasteiger partial charge in [0.1, 0.15) is 5.82 Å². The van der Waals surface area contributed by atoms with E-state index < -0.39 is 0 Å². The van der Waals surface area contributed by atoms with Gasteiger partial charge in [-0.25, -0.2) is 0 Å². The highest BCUT2D eigenvalue weighted by Gasteiger charge is 2.13. The fourth-order valence-corrected chi connectivity index (χ4v) is 2.64. The average Bonchev–Trinajstić information content (AvgIpc) is 2.99. The van der Waals surface area contributed by atoms with E-state index >= 15 is 0 Å². The Morgan fingerprint density at radius 1 is 1.68 bits per heavy atom. The van der Waals surface area contributed by atoms with Crippen LogP contribution in [0.2, 0.25) is 0 Å². The molecule has 0 spiro atoms. The van der Waals surface area contributed by atoms with Crippen LogP contribution in [0, 0.1) is 10.7 Å². The standard InChI is InChI=1S/C13H20N4OS/c1-2-17-11(15-16-13(17)19)7-8-14-12(18)9-10-5-3-4-6-10/h3,5,10H,2,4,6-9H2,1H3,(H,14,18)(H,16,19). The number of nitrogens with zero attached hydrogens (tertiary/aromatic N) is 2. The van der Waals surface area contributed by atoms with Crippen molar-refractivity contribution in [1.82, 2.24) is 20.1 Å². The molecule has 0 saturated carbocycles. The fourth-order valence-electron chi connectivity index (χ4n) is 2.36. The molecule has 0 saturated heterocycles. The molecule has 1 amide bonds. The molecule has 0 fully saturated rings. The van der Waals surface area contributed by atoms with Gasteiger partial charge in [0.25, 0.3) is 0 Å². The van der Waals surface area contributed by atoms with Crippen molar-refractivity contribution in [3.63, 3.8) is 0 Å². The van der Waals surface area contributed by atoms with E-state index in [1.807, 2.05) is 11.5 Å². The van der Waals surface area contributed by atoms with Gasteiger partial charge in [0.05, 0.1) is 0 Å². The fraction of sp³-hybridized carbons (Fsp3) is 0.615. The lowest BCUT2D eigenvalue weighted by Crippen LogP contribution is -2.27.